The second-order valence-corrected chi connectivity index (χ2v) is 5.03. The summed E-state index contributed by atoms with van der Waals surface area (Å²) in [6.45, 7) is 4.66. The van der Waals surface area contributed by atoms with Gasteiger partial charge in [0.15, 0.2) is 0 Å². The molecular weight excluding hydrogens is 270 g/mol. The van der Waals surface area contributed by atoms with Crippen LogP contribution in [-0.2, 0) is 9.59 Å². The quantitative estimate of drug-likeness (QED) is 0.789. The number of carbonyl (C=O) groups excluding carboxylic acids is 2. The number of benzene rings is 1. The van der Waals surface area contributed by atoms with Gasteiger partial charge < -0.3 is 20.3 Å². The Balaban J connectivity index is 1.99. The molecule has 1 aromatic carbocycles. The maximum atomic E-state index is 12.1. The molecule has 0 aromatic heterocycles. The first-order chi connectivity index (χ1) is 10.1. The minimum Gasteiger partial charge on any atom is -0.496 e. The van der Waals surface area contributed by atoms with Crippen molar-refractivity contribution in [3.8, 4) is 5.75 Å². The van der Waals surface area contributed by atoms with Crippen molar-refractivity contribution in [2.24, 2.45) is 0 Å². The average Bonchev–Trinajstić information content (AvgIpc) is 2.75. The largest absolute Gasteiger partial charge is 0.496 e. The van der Waals surface area contributed by atoms with Crippen molar-refractivity contribution >= 4 is 17.5 Å². The highest BCUT2D eigenvalue weighted by molar-refractivity contribution is 6.39. The van der Waals surface area contributed by atoms with Crippen LogP contribution in [0.25, 0.3) is 0 Å². The zero-order valence-corrected chi connectivity index (χ0v) is 12.4. The molecule has 0 atom stereocenters. The second kappa shape index (κ2) is 7.08. The van der Waals surface area contributed by atoms with Gasteiger partial charge in [0.1, 0.15) is 5.75 Å². The van der Waals surface area contributed by atoms with Crippen molar-refractivity contribution in [1.29, 1.82) is 0 Å². The summed E-state index contributed by atoms with van der Waals surface area (Å²) in [4.78, 5) is 25.7. The molecule has 2 amide bonds. The predicted octanol–water partition coefficient (Wildman–Crippen LogP) is 0.764. The van der Waals surface area contributed by atoms with E-state index >= 15 is 0 Å². The van der Waals surface area contributed by atoms with E-state index in [9.17, 15) is 9.59 Å². The van der Waals surface area contributed by atoms with Crippen LogP contribution in [-0.4, -0.2) is 50.0 Å². The van der Waals surface area contributed by atoms with Crippen LogP contribution in [0.1, 0.15) is 12.0 Å². The summed E-state index contributed by atoms with van der Waals surface area (Å²) in [6.07, 6.45) is 0.862. The summed E-state index contributed by atoms with van der Waals surface area (Å²) in [6, 6.07) is 5.28. The van der Waals surface area contributed by atoms with Gasteiger partial charge in [-0.15, -0.1) is 0 Å². The number of nitrogens with one attached hydrogen (secondary N) is 2. The van der Waals surface area contributed by atoms with Gasteiger partial charge in [-0.05, 0) is 43.7 Å². The molecule has 114 valence electrons. The highest BCUT2D eigenvalue weighted by atomic mass is 16.5. The normalized spacial score (nSPS) is 15.2. The Kier molecular flexibility index (Phi) is 5.16. The Labute approximate surface area is 124 Å². The Morgan fingerprint density at radius 2 is 2.10 bits per heavy atom. The van der Waals surface area contributed by atoms with Gasteiger partial charge in [-0.2, -0.15) is 0 Å². The molecule has 1 fully saturated rings. The first-order valence-corrected chi connectivity index (χ1v) is 7.07. The van der Waals surface area contributed by atoms with Crippen LogP contribution in [0.3, 0.4) is 0 Å². The lowest BCUT2D eigenvalue weighted by Crippen LogP contribution is -2.41. The smallest absolute Gasteiger partial charge is 0.313 e. The maximum absolute atomic E-state index is 12.1. The standard InChI is InChI=1S/C15H21N3O3/c1-11-10-12(4-5-13(11)21-2)17-14(19)15(20)18-8-3-6-16-7-9-18/h4-5,10,16H,3,6-9H2,1-2H3,(H,17,19). The molecule has 0 bridgehead atoms. The second-order valence-electron chi connectivity index (χ2n) is 5.03. The van der Waals surface area contributed by atoms with Crippen LogP contribution in [0.4, 0.5) is 5.69 Å². The minimum atomic E-state index is -0.596. The topological polar surface area (TPSA) is 70.7 Å². The molecule has 2 rings (SSSR count). The number of methoxy groups -OCH3 is 1. The third kappa shape index (κ3) is 3.95. The minimum absolute atomic E-state index is 0.479. The number of hydrogen-bond donors (Lipinski definition) is 2. The van der Waals surface area contributed by atoms with Gasteiger partial charge in [0.25, 0.3) is 0 Å². The van der Waals surface area contributed by atoms with Crippen LogP contribution in [0.2, 0.25) is 0 Å². The number of hydrogen-bond acceptors (Lipinski definition) is 4. The average molecular weight is 291 g/mol. The van der Waals surface area contributed by atoms with Gasteiger partial charge in [-0.1, -0.05) is 0 Å². The fourth-order valence-electron chi connectivity index (χ4n) is 2.33. The number of amides is 2. The molecule has 1 aliphatic rings. The molecule has 6 nitrogen and oxygen atoms in total. The van der Waals surface area contributed by atoms with Crippen molar-refractivity contribution in [2.45, 2.75) is 13.3 Å². The molecule has 1 aromatic rings. The van der Waals surface area contributed by atoms with Crippen LogP contribution < -0.4 is 15.4 Å². The molecule has 0 aliphatic carbocycles. The summed E-state index contributed by atoms with van der Waals surface area (Å²) in [5.41, 5.74) is 1.50. The highest BCUT2D eigenvalue weighted by Gasteiger charge is 2.22. The highest BCUT2D eigenvalue weighted by Crippen LogP contribution is 2.21. The van der Waals surface area contributed by atoms with E-state index in [4.69, 9.17) is 4.74 Å². The fraction of sp³-hybridized carbons (Fsp3) is 0.467. The van der Waals surface area contributed by atoms with E-state index in [1.807, 2.05) is 6.92 Å². The number of nitrogens with zero attached hydrogens (tertiary/aromatic N) is 1. The van der Waals surface area contributed by atoms with Gasteiger partial charge in [-0.25, -0.2) is 0 Å². The van der Waals surface area contributed by atoms with E-state index < -0.39 is 11.8 Å². The van der Waals surface area contributed by atoms with Crippen molar-refractivity contribution in [3.63, 3.8) is 0 Å². The summed E-state index contributed by atoms with van der Waals surface area (Å²) in [5, 5.41) is 5.85. The van der Waals surface area contributed by atoms with Crippen molar-refractivity contribution in [3.05, 3.63) is 23.8 Å². The molecule has 0 unspecified atom stereocenters. The lowest BCUT2D eigenvalue weighted by Gasteiger charge is -2.19. The molecule has 21 heavy (non-hydrogen) atoms. The lowest BCUT2D eigenvalue weighted by molar-refractivity contribution is -0.143. The third-order valence-electron chi connectivity index (χ3n) is 3.47. The van der Waals surface area contributed by atoms with E-state index in [1.54, 1.807) is 30.2 Å². The third-order valence-corrected chi connectivity index (χ3v) is 3.47. The maximum Gasteiger partial charge on any atom is 0.313 e. The molecule has 1 aliphatic heterocycles. The Hall–Kier alpha value is -2.08. The van der Waals surface area contributed by atoms with Gasteiger partial charge in [-0.3, -0.25) is 9.59 Å². The number of aryl methyl sites for hydroxylation is 1. The summed E-state index contributed by atoms with van der Waals surface area (Å²) < 4.78 is 5.17. The Morgan fingerprint density at radius 3 is 2.81 bits per heavy atom. The zero-order chi connectivity index (χ0) is 15.2. The van der Waals surface area contributed by atoms with Gasteiger partial charge >= 0.3 is 11.8 Å². The molecule has 0 radical (unpaired) electrons. The Bertz CT molecular complexity index is 523. The first-order valence-electron chi connectivity index (χ1n) is 7.07. The van der Waals surface area contributed by atoms with Gasteiger partial charge in [0, 0.05) is 25.3 Å². The molecule has 0 spiro atoms. The number of ether oxygens (including phenoxy) is 1. The predicted molar refractivity (Wildman–Crippen MR) is 80.4 cm³/mol. The number of carbonyl (C=O) groups is 2. The summed E-state index contributed by atoms with van der Waals surface area (Å²) in [5.74, 6) is -0.327. The monoisotopic (exact) mass is 291 g/mol. The number of rotatable bonds is 2. The first kappa shape index (κ1) is 15.3. The van der Waals surface area contributed by atoms with Crippen molar-refractivity contribution in [1.82, 2.24) is 10.2 Å². The SMILES string of the molecule is COc1ccc(NC(=O)C(=O)N2CCCNCC2)cc1C. The Morgan fingerprint density at radius 1 is 1.29 bits per heavy atom. The lowest BCUT2D eigenvalue weighted by atomic mass is 10.2. The van der Waals surface area contributed by atoms with Crippen molar-refractivity contribution < 1.29 is 14.3 Å². The van der Waals surface area contributed by atoms with E-state index in [0.29, 0.717) is 18.8 Å². The van der Waals surface area contributed by atoms with E-state index in [0.717, 1.165) is 30.8 Å². The number of anilines is 1. The van der Waals surface area contributed by atoms with Gasteiger partial charge in [0.05, 0.1) is 7.11 Å². The molecule has 1 heterocycles. The van der Waals surface area contributed by atoms with Crippen LogP contribution in [0.5, 0.6) is 5.75 Å². The summed E-state index contributed by atoms with van der Waals surface area (Å²) in [7, 11) is 1.59. The molecule has 6 heteroatoms. The molecule has 1 saturated heterocycles. The fourth-order valence-corrected chi connectivity index (χ4v) is 2.33. The van der Waals surface area contributed by atoms with E-state index in [2.05, 4.69) is 10.6 Å². The molecular formula is C15H21N3O3. The van der Waals surface area contributed by atoms with E-state index in [-0.39, 0.29) is 0 Å². The van der Waals surface area contributed by atoms with Crippen LogP contribution in [0.15, 0.2) is 18.2 Å². The van der Waals surface area contributed by atoms with Crippen molar-refractivity contribution in [2.75, 3.05) is 38.6 Å². The summed E-state index contributed by atoms with van der Waals surface area (Å²) >= 11 is 0. The van der Waals surface area contributed by atoms with Gasteiger partial charge in [0.2, 0.25) is 0 Å². The molecule has 0 saturated carbocycles. The van der Waals surface area contributed by atoms with Crippen LogP contribution in [0, 0.1) is 6.92 Å². The zero-order valence-electron chi connectivity index (χ0n) is 12.4. The van der Waals surface area contributed by atoms with Crippen LogP contribution >= 0.6 is 0 Å². The molecule has 2 N–H and O–H groups in total. The van der Waals surface area contributed by atoms with E-state index in [1.165, 1.54) is 0 Å².